The van der Waals surface area contributed by atoms with Crippen LogP contribution in [0.5, 0.6) is 0 Å². The van der Waals surface area contributed by atoms with Crippen LogP contribution in [0.25, 0.3) is 0 Å². The minimum absolute atomic E-state index is 0.0302. The van der Waals surface area contributed by atoms with Gasteiger partial charge in [0.1, 0.15) is 31.9 Å². The highest BCUT2D eigenvalue weighted by Gasteiger charge is 2.26. The number of para-hydroxylation sites is 1. The lowest BCUT2D eigenvalue weighted by atomic mass is 10.1. The first kappa shape index (κ1) is 20.1. The molecule has 2 heterocycles. The van der Waals surface area contributed by atoms with Gasteiger partial charge in [0.2, 0.25) is 0 Å². The summed E-state index contributed by atoms with van der Waals surface area (Å²) in [6, 6.07) is 9.67. The number of carbonyl (C=O) groups is 2. The Morgan fingerprint density at radius 3 is 2.11 bits per heavy atom. The van der Waals surface area contributed by atoms with E-state index in [-0.39, 0.29) is 11.8 Å². The maximum Gasteiger partial charge on any atom is 0.279 e. The molecule has 0 aliphatic carbocycles. The molecule has 1 aromatic carbocycles. The summed E-state index contributed by atoms with van der Waals surface area (Å²) in [5.41, 5.74) is 3.08. The Balaban J connectivity index is 1.37. The van der Waals surface area contributed by atoms with Crippen LogP contribution >= 0.6 is 0 Å². The van der Waals surface area contributed by atoms with Crippen LogP contribution in [0.3, 0.4) is 0 Å². The minimum Gasteiger partial charge on any atom is -0.467 e. The summed E-state index contributed by atoms with van der Waals surface area (Å²) in [4.78, 5) is 27.0. The van der Waals surface area contributed by atoms with E-state index < -0.39 is 0 Å². The number of anilines is 1. The fourth-order valence-corrected chi connectivity index (χ4v) is 3.62. The molecule has 1 saturated heterocycles. The summed E-state index contributed by atoms with van der Waals surface area (Å²) in [6.07, 6.45) is 1.60. The molecule has 0 spiro atoms. The molecule has 1 fully saturated rings. The SMILES string of the molecule is Cc1cccc(C)c1NC(=O)C[NH+]1CC[NH+](CC(=O)NCc2ccco2)CC1. The normalized spacial score (nSPS) is 19.2. The van der Waals surface area contributed by atoms with Gasteiger partial charge in [-0.15, -0.1) is 0 Å². The standard InChI is InChI=1S/C21H28N4O3/c1-16-5-3-6-17(2)21(16)23-20(27)15-25-10-8-24(9-11-25)14-19(26)22-13-18-7-4-12-28-18/h3-7,12H,8-11,13-15H2,1-2H3,(H,22,26)(H,23,27)/p+2. The minimum atomic E-state index is 0.0302. The van der Waals surface area contributed by atoms with Crippen molar-refractivity contribution in [3.05, 3.63) is 53.5 Å². The van der Waals surface area contributed by atoms with Crippen molar-refractivity contribution in [1.29, 1.82) is 0 Å². The number of quaternary nitrogens is 2. The van der Waals surface area contributed by atoms with E-state index in [4.69, 9.17) is 4.42 Å². The summed E-state index contributed by atoms with van der Waals surface area (Å²) in [5.74, 6) is 0.835. The molecule has 1 aliphatic heterocycles. The van der Waals surface area contributed by atoms with E-state index in [0.717, 1.165) is 48.8 Å². The molecule has 1 aliphatic rings. The molecule has 0 bridgehead atoms. The van der Waals surface area contributed by atoms with Crippen LogP contribution in [0, 0.1) is 13.8 Å². The van der Waals surface area contributed by atoms with Crippen molar-refractivity contribution < 1.29 is 23.8 Å². The number of benzene rings is 1. The third kappa shape index (κ3) is 5.68. The Bertz CT molecular complexity index is 776. The average Bonchev–Trinajstić information content (AvgIpc) is 3.18. The van der Waals surface area contributed by atoms with E-state index in [9.17, 15) is 9.59 Å². The third-order valence-corrected chi connectivity index (χ3v) is 5.27. The van der Waals surface area contributed by atoms with Crippen LogP contribution in [0.2, 0.25) is 0 Å². The molecular formula is C21H30N4O3+2. The first-order valence-electron chi connectivity index (χ1n) is 9.83. The third-order valence-electron chi connectivity index (χ3n) is 5.27. The van der Waals surface area contributed by atoms with Crippen molar-refractivity contribution in [2.45, 2.75) is 20.4 Å². The molecule has 7 nitrogen and oxygen atoms in total. The maximum atomic E-state index is 12.4. The van der Waals surface area contributed by atoms with Crippen molar-refractivity contribution in [3.63, 3.8) is 0 Å². The van der Waals surface area contributed by atoms with Crippen molar-refractivity contribution in [3.8, 4) is 0 Å². The first-order chi connectivity index (χ1) is 13.5. The van der Waals surface area contributed by atoms with Crippen LogP contribution in [-0.4, -0.2) is 51.1 Å². The lowest BCUT2D eigenvalue weighted by Gasteiger charge is -2.29. The second kappa shape index (κ2) is 9.52. The Morgan fingerprint density at radius 1 is 0.929 bits per heavy atom. The highest BCUT2D eigenvalue weighted by atomic mass is 16.3. The molecule has 2 aromatic rings. The Kier molecular flexibility index (Phi) is 6.84. The van der Waals surface area contributed by atoms with Crippen LogP contribution in [0.4, 0.5) is 5.69 Å². The summed E-state index contributed by atoms with van der Waals surface area (Å²) in [6.45, 7) is 8.93. The van der Waals surface area contributed by atoms with Gasteiger partial charge in [-0.2, -0.15) is 0 Å². The van der Waals surface area contributed by atoms with Gasteiger partial charge in [0.05, 0.1) is 12.8 Å². The molecule has 1 aromatic heterocycles. The second-order valence-corrected chi connectivity index (χ2v) is 7.52. The number of amides is 2. The lowest BCUT2D eigenvalue weighted by Crippen LogP contribution is -3.28. The predicted molar refractivity (Wildman–Crippen MR) is 106 cm³/mol. The molecule has 0 unspecified atom stereocenters. The van der Waals surface area contributed by atoms with Crippen molar-refractivity contribution in [1.82, 2.24) is 5.32 Å². The van der Waals surface area contributed by atoms with Crippen LogP contribution in [0.15, 0.2) is 41.0 Å². The highest BCUT2D eigenvalue weighted by molar-refractivity contribution is 5.93. The maximum absolute atomic E-state index is 12.4. The van der Waals surface area contributed by atoms with Gasteiger partial charge < -0.3 is 24.9 Å². The van der Waals surface area contributed by atoms with Crippen LogP contribution in [0.1, 0.15) is 16.9 Å². The second-order valence-electron chi connectivity index (χ2n) is 7.52. The molecule has 4 N–H and O–H groups in total. The number of nitrogens with one attached hydrogen (secondary N) is 4. The lowest BCUT2D eigenvalue weighted by molar-refractivity contribution is -1.00. The molecule has 0 atom stereocenters. The Labute approximate surface area is 165 Å². The summed E-state index contributed by atoms with van der Waals surface area (Å²) >= 11 is 0. The van der Waals surface area contributed by atoms with Crippen LogP contribution in [-0.2, 0) is 16.1 Å². The number of carbonyl (C=O) groups excluding carboxylic acids is 2. The summed E-state index contributed by atoms with van der Waals surface area (Å²) in [5, 5.41) is 5.95. The Hall–Kier alpha value is -2.64. The fourth-order valence-electron chi connectivity index (χ4n) is 3.62. The topological polar surface area (TPSA) is 80.2 Å². The number of aryl methyl sites for hydroxylation is 2. The fraction of sp³-hybridized carbons (Fsp3) is 0.429. The van der Waals surface area contributed by atoms with Crippen molar-refractivity contribution >= 4 is 17.5 Å². The van der Waals surface area contributed by atoms with Gasteiger partial charge in [-0.3, -0.25) is 9.59 Å². The number of hydrogen-bond donors (Lipinski definition) is 4. The van der Waals surface area contributed by atoms with Gasteiger partial charge in [0.25, 0.3) is 11.8 Å². The molecule has 150 valence electrons. The predicted octanol–water partition coefficient (Wildman–Crippen LogP) is -1.07. The first-order valence-corrected chi connectivity index (χ1v) is 9.83. The molecule has 0 saturated carbocycles. The van der Waals surface area contributed by atoms with Gasteiger partial charge in [0, 0.05) is 5.69 Å². The molecule has 28 heavy (non-hydrogen) atoms. The molecule has 7 heteroatoms. The van der Waals surface area contributed by atoms with E-state index in [1.54, 1.807) is 6.26 Å². The van der Waals surface area contributed by atoms with Gasteiger partial charge in [-0.05, 0) is 37.1 Å². The van der Waals surface area contributed by atoms with E-state index in [2.05, 4.69) is 10.6 Å². The van der Waals surface area contributed by atoms with Gasteiger partial charge in [0.15, 0.2) is 13.1 Å². The van der Waals surface area contributed by atoms with Crippen molar-refractivity contribution in [2.75, 3.05) is 44.6 Å². The van der Waals surface area contributed by atoms with E-state index >= 15 is 0 Å². The highest BCUT2D eigenvalue weighted by Crippen LogP contribution is 2.18. The number of rotatable bonds is 7. The largest absolute Gasteiger partial charge is 0.467 e. The smallest absolute Gasteiger partial charge is 0.279 e. The number of piperazine rings is 1. The van der Waals surface area contributed by atoms with E-state index in [1.807, 2.05) is 44.2 Å². The van der Waals surface area contributed by atoms with Crippen molar-refractivity contribution in [2.24, 2.45) is 0 Å². The van der Waals surface area contributed by atoms with Crippen LogP contribution < -0.4 is 20.4 Å². The zero-order valence-corrected chi connectivity index (χ0v) is 16.6. The molecule has 3 rings (SSSR count). The van der Waals surface area contributed by atoms with E-state index in [0.29, 0.717) is 19.6 Å². The van der Waals surface area contributed by atoms with Gasteiger partial charge in [-0.1, -0.05) is 18.2 Å². The zero-order valence-electron chi connectivity index (χ0n) is 16.6. The summed E-state index contributed by atoms with van der Waals surface area (Å²) < 4.78 is 5.22. The average molecular weight is 386 g/mol. The monoisotopic (exact) mass is 386 g/mol. The Morgan fingerprint density at radius 2 is 1.54 bits per heavy atom. The molecule has 2 amide bonds. The quantitative estimate of drug-likeness (QED) is 0.490. The van der Waals surface area contributed by atoms with E-state index in [1.165, 1.54) is 9.80 Å². The van der Waals surface area contributed by atoms with Gasteiger partial charge in [-0.25, -0.2) is 0 Å². The van der Waals surface area contributed by atoms with Gasteiger partial charge >= 0.3 is 0 Å². The zero-order chi connectivity index (χ0) is 19.9. The number of hydrogen-bond acceptors (Lipinski definition) is 3. The summed E-state index contributed by atoms with van der Waals surface area (Å²) in [7, 11) is 0. The molecular weight excluding hydrogens is 356 g/mol. The molecule has 0 radical (unpaired) electrons. The number of furan rings is 1.